The molecule has 218 valence electrons. The maximum Gasteiger partial charge on any atom is 0.164 e. The molecule has 0 radical (unpaired) electrons. The quantitative estimate of drug-likeness (QED) is 0.198. The van der Waals surface area contributed by atoms with E-state index in [4.69, 9.17) is 15.0 Å². The average molecular weight is 616 g/mol. The predicted octanol–water partition coefficient (Wildman–Crippen LogP) is 11.7. The van der Waals surface area contributed by atoms with Crippen molar-refractivity contribution < 1.29 is 0 Å². The minimum Gasteiger partial charge on any atom is -0.208 e. The van der Waals surface area contributed by atoms with Gasteiger partial charge >= 0.3 is 0 Å². The van der Waals surface area contributed by atoms with Crippen LogP contribution in [0.3, 0.4) is 0 Å². The van der Waals surface area contributed by atoms with Crippen LogP contribution in [0.5, 0.6) is 0 Å². The molecule has 1 aliphatic rings. The summed E-state index contributed by atoms with van der Waals surface area (Å²) < 4.78 is 2.55. The highest BCUT2D eigenvalue weighted by atomic mass is 32.1. The Morgan fingerprint density at radius 2 is 0.872 bits per heavy atom. The fourth-order valence-corrected chi connectivity index (χ4v) is 8.28. The molecule has 0 unspecified atom stereocenters. The molecule has 0 amide bonds. The Morgan fingerprint density at radius 1 is 0.340 bits per heavy atom. The first-order valence-electron chi connectivity index (χ1n) is 15.8. The normalized spacial score (nSPS) is 11.8. The van der Waals surface area contributed by atoms with Gasteiger partial charge in [0, 0.05) is 42.2 Å². The molecule has 0 saturated carbocycles. The van der Waals surface area contributed by atoms with Crippen molar-refractivity contribution in [2.75, 3.05) is 0 Å². The zero-order valence-corrected chi connectivity index (χ0v) is 26.0. The molecule has 2 heterocycles. The van der Waals surface area contributed by atoms with E-state index >= 15 is 0 Å². The maximum absolute atomic E-state index is 5.05. The van der Waals surface area contributed by atoms with Crippen LogP contribution < -0.4 is 0 Å². The molecular formula is C43H25N3S. The second-order valence-electron chi connectivity index (χ2n) is 12.0. The van der Waals surface area contributed by atoms with E-state index in [1.165, 1.54) is 58.8 Å². The van der Waals surface area contributed by atoms with Gasteiger partial charge in [-0.25, -0.2) is 15.0 Å². The zero-order valence-electron chi connectivity index (χ0n) is 25.2. The van der Waals surface area contributed by atoms with Gasteiger partial charge in [-0.1, -0.05) is 140 Å². The first-order chi connectivity index (χ1) is 23.3. The second kappa shape index (κ2) is 10.3. The molecule has 10 rings (SSSR count). The number of benzene rings is 7. The van der Waals surface area contributed by atoms with Crippen molar-refractivity contribution in [3.05, 3.63) is 152 Å². The Bertz CT molecular complexity index is 2660. The van der Waals surface area contributed by atoms with E-state index < -0.39 is 0 Å². The van der Waals surface area contributed by atoms with E-state index in [-0.39, 0.29) is 0 Å². The third-order valence-electron chi connectivity index (χ3n) is 9.28. The van der Waals surface area contributed by atoms with Crippen molar-refractivity contribution >= 4 is 42.3 Å². The Morgan fingerprint density at radius 3 is 1.60 bits per heavy atom. The van der Waals surface area contributed by atoms with Gasteiger partial charge in [0.15, 0.2) is 17.5 Å². The topological polar surface area (TPSA) is 38.7 Å². The summed E-state index contributed by atoms with van der Waals surface area (Å²) in [7, 11) is 0. The largest absolute Gasteiger partial charge is 0.208 e. The van der Waals surface area contributed by atoms with Crippen LogP contribution in [0.2, 0.25) is 0 Å². The van der Waals surface area contributed by atoms with Crippen LogP contribution in [-0.4, -0.2) is 15.0 Å². The summed E-state index contributed by atoms with van der Waals surface area (Å²) in [5.41, 5.74) is 10.5. The van der Waals surface area contributed by atoms with Gasteiger partial charge in [-0.15, -0.1) is 11.3 Å². The molecule has 4 heteroatoms. The average Bonchev–Trinajstić information content (AvgIpc) is 3.69. The lowest BCUT2D eigenvalue weighted by molar-refractivity contribution is 1.07. The number of aromatic nitrogens is 3. The van der Waals surface area contributed by atoms with E-state index in [2.05, 4.69) is 127 Å². The molecule has 0 bridgehead atoms. The van der Waals surface area contributed by atoms with Crippen LogP contribution in [0.1, 0.15) is 0 Å². The molecule has 0 fully saturated rings. The summed E-state index contributed by atoms with van der Waals surface area (Å²) >= 11 is 1.85. The van der Waals surface area contributed by atoms with Gasteiger partial charge in [0.05, 0.1) is 0 Å². The van der Waals surface area contributed by atoms with Gasteiger partial charge in [-0.05, 0) is 50.9 Å². The molecule has 7 aromatic carbocycles. The highest BCUT2D eigenvalue weighted by Crippen LogP contribution is 2.51. The summed E-state index contributed by atoms with van der Waals surface area (Å²) in [4.78, 5) is 15.0. The lowest BCUT2D eigenvalue weighted by Crippen LogP contribution is -2.00. The van der Waals surface area contributed by atoms with Crippen LogP contribution in [0.25, 0.3) is 98.5 Å². The van der Waals surface area contributed by atoms with Crippen LogP contribution in [-0.2, 0) is 0 Å². The van der Waals surface area contributed by atoms with Crippen LogP contribution in [0.4, 0.5) is 0 Å². The van der Waals surface area contributed by atoms with E-state index in [1.54, 1.807) is 0 Å². The summed E-state index contributed by atoms with van der Waals surface area (Å²) in [5.74, 6) is 2.00. The Hall–Kier alpha value is -5.97. The highest BCUT2D eigenvalue weighted by molar-refractivity contribution is 7.26. The van der Waals surface area contributed by atoms with Crippen LogP contribution in [0.15, 0.2) is 152 Å². The third kappa shape index (κ3) is 4.16. The van der Waals surface area contributed by atoms with Gasteiger partial charge in [-0.2, -0.15) is 0 Å². The van der Waals surface area contributed by atoms with Gasteiger partial charge < -0.3 is 0 Å². The monoisotopic (exact) mass is 615 g/mol. The Kier molecular flexibility index (Phi) is 5.74. The number of thiophene rings is 1. The van der Waals surface area contributed by atoms with Crippen molar-refractivity contribution in [2.45, 2.75) is 0 Å². The number of hydrogen-bond donors (Lipinski definition) is 0. The highest BCUT2D eigenvalue weighted by Gasteiger charge is 2.24. The van der Waals surface area contributed by atoms with Crippen molar-refractivity contribution in [1.29, 1.82) is 0 Å². The third-order valence-corrected chi connectivity index (χ3v) is 10.5. The fraction of sp³-hybridized carbons (Fsp3) is 0. The van der Waals surface area contributed by atoms with E-state index in [1.807, 2.05) is 35.6 Å². The van der Waals surface area contributed by atoms with Gasteiger partial charge in [0.25, 0.3) is 0 Å². The fourth-order valence-electron chi connectivity index (χ4n) is 7.03. The van der Waals surface area contributed by atoms with Crippen molar-refractivity contribution in [1.82, 2.24) is 15.0 Å². The first-order valence-corrected chi connectivity index (χ1v) is 16.6. The molecule has 3 nitrogen and oxygen atoms in total. The predicted molar refractivity (Wildman–Crippen MR) is 196 cm³/mol. The summed E-state index contributed by atoms with van der Waals surface area (Å²) in [5, 5.41) is 5.24. The lowest BCUT2D eigenvalue weighted by atomic mass is 9.99. The van der Waals surface area contributed by atoms with Crippen LogP contribution in [0, 0.1) is 0 Å². The molecule has 47 heavy (non-hydrogen) atoms. The zero-order chi connectivity index (χ0) is 30.9. The molecule has 0 saturated heterocycles. The van der Waals surface area contributed by atoms with Crippen molar-refractivity contribution in [3.63, 3.8) is 0 Å². The minimum absolute atomic E-state index is 0.661. The number of nitrogens with zero attached hydrogens (tertiary/aromatic N) is 3. The molecule has 0 aliphatic heterocycles. The van der Waals surface area contributed by atoms with E-state index in [9.17, 15) is 0 Å². The molecule has 1 aliphatic carbocycles. The molecule has 0 N–H and O–H groups in total. The molecule has 0 atom stereocenters. The minimum atomic E-state index is 0.661. The standard InChI is InChI=1S/C43H25N3S/c1-3-10-26(11-4-1)27-18-20-29(21-19-27)42-44-41(28-12-5-2-6-13-28)45-43(46-42)30-22-23-33-37-25-36-32-15-8-7-14-31(32)34-16-9-17-35(39(34)36)40(37)47-38(33)24-30/h1-25H. The smallest absolute Gasteiger partial charge is 0.164 e. The van der Waals surface area contributed by atoms with Crippen molar-refractivity contribution in [3.8, 4) is 67.5 Å². The lowest BCUT2D eigenvalue weighted by Gasteiger charge is -2.09. The van der Waals surface area contributed by atoms with Gasteiger partial charge in [0.2, 0.25) is 0 Å². The molecule has 9 aromatic rings. The molecule has 0 spiro atoms. The summed E-state index contributed by atoms with van der Waals surface area (Å²) in [6, 6.07) is 53.6. The summed E-state index contributed by atoms with van der Waals surface area (Å²) in [6.07, 6.45) is 0. The van der Waals surface area contributed by atoms with Gasteiger partial charge in [0.1, 0.15) is 0 Å². The molecular weight excluding hydrogens is 591 g/mol. The second-order valence-corrected chi connectivity index (χ2v) is 13.1. The maximum atomic E-state index is 5.05. The van der Waals surface area contributed by atoms with E-state index in [0.29, 0.717) is 17.5 Å². The number of rotatable bonds is 4. The molecule has 2 aromatic heterocycles. The SMILES string of the molecule is c1ccc(-c2ccc(-c3nc(-c4ccccc4)nc(-c4ccc5c(c4)sc4c6cccc7c6c(cc54)-c4ccccc4-7)n3)cc2)cc1. The number of hydrogen-bond acceptors (Lipinski definition) is 4. The van der Waals surface area contributed by atoms with Crippen LogP contribution >= 0.6 is 11.3 Å². The summed E-state index contributed by atoms with van der Waals surface area (Å²) in [6.45, 7) is 0. The van der Waals surface area contributed by atoms with Crippen molar-refractivity contribution in [2.24, 2.45) is 0 Å². The first kappa shape index (κ1) is 26.3. The Labute approximate surface area is 275 Å². The Balaban J connectivity index is 1.13. The number of fused-ring (bicyclic) bond motifs is 7. The van der Waals surface area contributed by atoms with Gasteiger partial charge in [-0.3, -0.25) is 0 Å². The van der Waals surface area contributed by atoms with E-state index in [0.717, 1.165) is 22.3 Å².